The Morgan fingerprint density at radius 2 is 1.95 bits per heavy atom. The van der Waals surface area contributed by atoms with Crippen LogP contribution in [0.4, 0.5) is 0 Å². The van der Waals surface area contributed by atoms with Gasteiger partial charge in [-0.3, -0.25) is 9.59 Å². The highest BCUT2D eigenvalue weighted by Crippen LogP contribution is 2.38. The number of oxime groups is 1. The highest BCUT2D eigenvalue weighted by molar-refractivity contribution is 6.06. The summed E-state index contributed by atoms with van der Waals surface area (Å²) >= 11 is 0. The van der Waals surface area contributed by atoms with Gasteiger partial charge in [0.15, 0.2) is 5.84 Å². The molecule has 2 amide bonds. The summed E-state index contributed by atoms with van der Waals surface area (Å²) in [6.45, 7) is 2.07. The molecular weight excluding hydrogens is 272 g/mol. The number of carbonyl (C=O) groups excluding carboxylic acids is 2. The smallest absolute Gasteiger partial charge is 0.236 e. The first-order valence-corrected chi connectivity index (χ1v) is 7.34. The normalized spacial score (nSPS) is 19.7. The van der Waals surface area contributed by atoms with Crippen molar-refractivity contribution < 1.29 is 14.8 Å². The standard InChI is InChI=1S/C14H26N4O3/c1-10(11(19)16-2)9-18(3)13(20)14(12(15)17-21)7-5-4-6-8-14/h10,21H,4-9H2,1-3H3,(H2,15,17)(H,16,19). The third kappa shape index (κ3) is 3.65. The van der Waals surface area contributed by atoms with Crippen LogP contribution in [0.1, 0.15) is 39.0 Å². The van der Waals surface area contributed by atoms with Crippen LogP contribution in [0.25, 0.3) is 0 Å². The number of carbonyl (C=O) groups is 2. The zero-order valence-corrected chi connectivity index (χ0v) is 13.1. The zero-order valence-electron chi connectivity index (χ0n) is 13.1. The van der Waals surface area contributed by atoms with E-state index in [0.717, 1.165) is 19.3 Å². The molecule has 0 aromatic rings. The Kier molecular flexibility index (Phi) is 5.99. The van der Waals surface area contributed by atoms with Gasteiger partial charge in [-0.1, -0.05) is 31.3 Å². The van der Waals surface area contributed by atoms with Crippen LogP contribution in [0.15, 0.2) is 5.16 Å². The first-order chi connectivity index (χ1) is 9.89. The van der Waals surface area contributed by atoms with Crippen molar-refractivity contribution in [1.82, 2.24) is 10.2 Å². The Labute approximate surface area is 125 Å². The van der Waals surface area contributed by atoms with Gasteiger partial charge in [-0.2, -0.15) is 0 Å². The van der Waals surface area contributed by atoms with Crippen molar-refractivity contribution >= 4 is 17.6 Å². The van der Waals surface area contributed by atoms with Crippen molar-refractivity contribution in [3.05, 3.63) is 0 Å². The summed E-state index contributed by atoms with van der Waals surface area (Å²) in [7, 11) is 3.22. The Balaban J connectivity index is 2.88. The molecule has 120 valence electrons. The van der Waals surface area contributed by atoms with Gasteiger partial charge >= 0.3 is 0 Å². The van der Waals surface area contributed by atoms with Crippen molar-refractivity contribution in [2.75, 3.05) is 20.6 Å². The van der Waals surface area contributed by atoms with Crippen LogP contribution in [-0.2, 0) is 9.59 Å². The SMILES string of the molecule is CNC(=O)C(C)CN(C)C(=O)C1(C(N)=NO)CCCCC1. The first kappa shape index (κ1) is 17.3. The minimum absolute atomic E-state index is 0.0216. The van der Waals surface area contributed by atoms with Crippen molar-refractivity contribution in [2.45, 2.75) is 39.0 Å². The van der Waals surface area contributed by atoms with Crippen LogP contribution < -0.4 is 11.1 Å². The van der Waals surface area contributed by atoms with Crippen LogP contribution in [0, 0.1) is 11.3 Å². The van der Waals surface area contributed by atoms with Crippen molar-refractivity contribution in [3.63, 3.8) is 0 Å². The highest BCUT2D eigenvalue weighted by Gasteiger charge is 2.45. The molecule has 1 rings (SSSR count). The molecule has 0 radical (unpaired) electrons. The molecule has 21 heavy (non-hydrogen) atoms. The van der Waals surface area contributed by atoms with Gasteiger partial charge in [0, 0.05) is 20.6 Å². The molecule has 7 nitrogen and oxygen atoms in total. The summed E-state index contributed by atoms with van der Waals surface area (Å²) in [5.41, 5.74) is 4.88. The molecule has 1 atom stereocenters. The van der Waals surface area contributed by atoms with Crippen LogP contribution in [0.3, 0.4) is 0 Å². The van der Waals surface area contributed by atoms with Crippen LogP contribution >= 0.6 is 0 Å². The first-order valence-electron chi connectivity index (χ1n) is 7.34. The lowest BCUT2D eigenvalue weighted by molar-refractivity contribution is -0.139. The molecular formula is C14H26N4O3. The molecule has 0 aliphatic heterocycles. The van der Waals surface area contributed by atoms with E-state index in [2.05, 4.69) is 10.5 Å². The van der Waals surface area contributed by atoms with Crippen LogP contribution in [0.5, 0.6) is 0 Å². The van der Waals surface area contributed by atoms with Crippen molar-refractivity contribution in [3.8, 4) is 0 Å². The molecule has 1 fully saturated rings. The second-order valence-corrected chi connectivity index (χ2v) is 5.83. The number of amidine groups is 1. The second-order valence-electron chi connectivity index (χ2n) is 5.83. The monoisotopic (exact) mass is 298 g/mol. The lowest BCUT2D eigenvalue weighted by atomic mass is 9.72. The van der Waals surface area contributed by atoms with E-state index in [4.69, 9.17) is 10.9 Å². The topological polar surface area (TPSA) is 108 Å². The van der Waals surface area contributed by atoms with Crippen molar-refractivity contribution in [1.29, 1.82) is 0 Å². The average molecular weight is 298 g/mol. The number of nitrogens with two attached hydrogens (primary N) is 1. The minimum Gasteiger partial charge on any atom is -0.409 e. The van der Waals surface area contributed by atoms with E-state index in [1.54, 1.807) is 21.0 Å². The van der Waals surface area contributed by atoms with Gasteiger partial charge in [-0.25, -0.2) is 0 Å². The highest BCUT2D eigenvalue weighted by atomic mass is 16.4. The van der Waals surface area contributed by atoms with E-state index >= 15 is 0 Å². The van der Waals surface area contributed by atoms with Gasteiger partial charge in [0.2, 0.25) is 11.8 Å². The van der Waals surface area contributed by atoms with Gasteiger partial charge in [-0.05, 0) is 12.8 Å². The molecule has 0 aromatic carbocycles. The maximum atomic E-state index is 12.8. The summed E-state index contributed by atoms with van der Waals surface area (Å²) in [6, 6.07) is 0. The maximum Gasteiger partial charge on any atom is 0.236 e. The predicted octanol–water partition coefficient (Wildman–Crippen LogP) is 0.524. The number of amides is 2. The second kappa shape index (κ2) is 7.28. The van der Waals surface area contributed by atoms with E-state index in [1.165, 1.54) is 4.90 Å². The predicted molar refractivity (Wildman–Crippen MR) is 79.8 cm³/mol. The molecule has 4 N–H and O–H groups in total. The molecule has 1 aliphatic carbocycles. The molecule has 0 saturated heterocycles. The zero-order chi connectivity index (χ0) is 16.0. The molecule has 7 heteroatoms. The summed E-state index contributed by atoms with van der Waals surface area (Å²) in [5.74, 6) is -0.618. The molecule has 0 aromatic heterocycles. The number of hydrogen-bond acceptors (Lipinski definition) is 4. The summed E-state index contributed by atoms with van der Waals surface area (Å²) in [6.07, 6.45) is 3.97. The lowest BCUT2D eigenvalue weighted by Gasteiger charge is -2.38. The quantitative estimate of drug-likeness (QED) is 0.298. The molecule has 0 bridgehead atoms. The lowest BCUT2D eigenvalue weighted by Crippen LogP contribution is -2.52. The fourth-order valence-electron chi connectivity index (χ4n) is 3.02. The fourth-order valence-corrected chi connectivity index (χ4v) is 3.02. The number of hydrogen-bond donors (Lipinski definition) is 3. The Morgan fingerprint density at radius 3 is 2.43 bits per heavy atom. The Bertz CT molecular complexity index is 416. The van der Waals surface area contributed by atoms with Gasteiger partial charge in [0.25, 0.3) is 0 Å². The molecule has 0 spiro atoms. The summed E-state index contributed by atoms with van der Waals surface area (Å²) in [4.78, 5) is 25.9. The number of nitrogens with zero attached hydrogens (tertiary/aromatic N) is 2. The van der Waals surface area contributed by atoms with Gasteiger partial charge < -0.3 is 21.2 Å². The average Bonchev–Trinajstić information content (AvgIpc) is 2.52. The van der Waals surface area contributed by atoms with Crippen molar-refractivity contribution in [2.24, 2.45) is 22.2 Å². The van der Waals surface area contributed by atoms with E-state index in [1.807, 2.05) is 0 Å². The third-order valence-corrected chi connectivity index (χ3v) is 4.30. The Morgan fingerprint density at radius 1 is 1.38 bits per heavy atom. The maximum absolute atomic E-state index is 12.8. The van der Waals surface area contributed by atoms with E-state index in [-0.39, 0.29) is 23.6 Å². The van der Waals surface area contributed by atoms with E-state index in [9.17, 15) is 9.59 Å². The van der Waals surface area contributed by atoms with Crippen LogP contribution in [-0.4, -0.2) is 48.4 Å². The minimum atomic E-state index is -0.926. The van der Waals surface area contributed by atoms with Gasteiger partial charge in [0.05, 0.1) is 5.92 Å². The molecule has 1 saturated carbocycles. The van der Waals surface area contributed by atoms with E-state index < -0.39 is 5.41 Å². The van der Waals surface area contributed by atoms with Gasteiger partial charge in [-0.15, -0.1) is 0 Å². The molecule has 0 heterocycles. The Hall–Kier alpha value is -1.79. The molecule has 1 unspecified atom stereocenters. The number of nitrogens with one attached hydrogen (secondary N) is 1. The van der Waals surface area contributed by atoms with E-state index in [0.29, 0.717) is 19.4 Å². The largest absolute Gasteiger partial charge is 0.409 e. The third-order valence-electron chi connectivity index (χ3n) is 4.30. The van der Waals surface area contributed by atoms with Gasteiger partial charge in [0.1, 0.15) is 5.41 Å². The van der Waals surface area contributed by atoms with Crippen LogP contribution in [0.2, 0.25) is 0 Å². The molecule has 1 aliphatic rings. The summed E-state index contributed by atoms with van der Waals surface area (Å²) < 4.78 is 0. The fraction of sp³-hybridized carbons (Fsp3) is 0.786. The number of rotatable bonds is 5. The summed E-state index contributed by atoms with van der Waals surface area (Å²) in [5, 5.41) is 14.7.